The van der Waals surface area contributed by atoms with Crippen LogP contribution in [0.2, 0.25) is 0 Å². The van der Waals surface area contributed by atoms with Gasteiger partial charge < -0.3 is 15.0 Å². The Morgan fingerprint density at radius 3 is 2.95 bits per heavy atom. The maximum Gasteiger partial charge on any atom is 0.226 e. The van der Waals surface area contributed by atoms with E-state index in [9.17, 15) is 13.2 Å². The van der Waals surface area contributed by atoms with Gasteiger partial charge in [0.25, 0.3) is 0 Å². The van der Waals surface area contributed by atoms with Crippen molar-refractivity contribution in [3.8, 4) is 5.75 Å². The highest BCUT2D eigenvalue weighted by atomic mass is 32.2. The third kappa shape index (κ3) is 2.33. The van der Waals surface area contributed by atoms with Crippen LogP contribution in [0.1, 0.15) is 6.42 Å². The summed E-state index contributed by atoms with van der Waals surface area (Å²) in [4.78, 5) is 13.9. The zero-order chi connectivity index (χ0) is 14.3. The first kappa shape index (κ1) is 13.2. The minimum atomic E-state index is -3.06. The van der Waals surface area contributed by atoms with E-state index in [0.29, 0.717) is 18.0 Å². The molecule has 0 aromatic heterocycles. The lowest BCUT2D eigenvalue weighted by atomic mass is 10.1. The molecule has 3 rings (SSSR count). The number of carbonyl (C=O) groups excluding carboxylic acids is 1. The predicted octanol–water partition coefficient (Wildman–Crippen LogP) is 0.641. The molecule has 0 radical (unpaired) electrons. The maximum absolute atomic E-state index is 11.9. The van der Waals surface area contributed by atoms with Gasteiger partial charge in [-0.1, -0.05) is 0 Å². The Labute approximate surface area is 117 Å². The number of benzene rings is 1. The molecule has 1 saturated heterocycles. The van der Waals surface area contributed by atoms with Crippen LogP contribution in [0.3, 0.4) is 0 Å². The molecule has 108 valence electrons. The zero-order valence-corrected chi connectivity index (χ0v) is 11.9. The second-order valence-electron chi connectivity index (χ2n) is 5.10. The van der Waals surface area contributed by atoms with Gasteiger partial charge in [-0.05, 0) is 12.1 Å². The summed E-state index contributed by atoms with van der Waals surface area (Å²) < 4.78 is 28.8. The van der Waals surface area contributed by atoms with Gasteiger partial charge in [-0.2, -0.15) is 0 Å². The number of sulfone groups is 1. The molecule has 1 unspecified atom stereocenters. The smallest absolute Gasteiger partial charge is 0.226 e. The Morgan fingerprint density at radius 2 is 2.20 bits per heavy atom. The molecule has 2 aliphatic rings. The quantitative estimate of drug-likeness (QED) is 0.823. The second kappa shape index (κ2) is 4.66. The maximum atomic E-state index is 11.9. The fraction of sp³-hybridized carbons (Fsp3) is 0.462. The van der Waals surface area contributed by atoms with Crippen LogP contribution in [0.15, 0.2) is 18.2 Å². The van der Waals surface area contributed by atoms with Crippen LogP contribution >= 0.6 is 0 Å². The number of nitrogens with zero attached hydrogens (tertiary/aromatic N) is 1. The first-order chi connectivity index (χ1) is 9.48. The first-order valence-corrected chi connectivity index (χ1v) is 8.25. The third-order valence-electron chi connectivity index (χ3n) is 3.74. The van der Waals surface area contributed by atoms with Gasteiger partial charge in [0.1, 0.15) is 5.75 Å². The van der Waals surface area contributed by atoms with E-state index in [4.69, 9.17) is 4.74 Å². The number of amides is 1. The van der Waals surface area contributed by atoms with Gasteiger partial charge in [0.05, 0.1) is 36.0 Å². The van der Waals surface area contributed by atoms with Crippen LogP contribution < -0.4 is 15.0 Å². The molecule has 2 aliphatic heterocycles. The molecule has 0 aliphatic carbocycles. The van der Waals surface area contributed by atoms with Gasteiger partial charge in [0.2, 0.25) is 5.91 Å². The molecule has 2 heterocycles. The highest BCUT2D eigenvalue weighted by Gasteiger charge is 2.36. The van der Waals surface area contributed by atoms with Crippen LogP contribution in [-0.4, -0.2) is 45.5 Å². The molecule has 1 amide bonds. The molecule has 0 saturated carbocycles. The number of hydrogen-bond donors (Lipinski definition) is 1. The summed E-state index contributed by atoms with van der Waals surface area (Å²) in [6.07, 6.45) is 0.191. The van der Waals surface area contributed by atoms with E-state index in [1.807, 2.05) is 11.0 Å². The monoisotopic (exact) mass is 296 g/mol. The Hall–Kier alpha value is -1.76. The Bertz CT molecular complexity index is 656. The molecule has 6 nitrogen and oxygen atoms in total. The van der Waals surface area contributed by atoms with Crippen LogP contribution in [0.25, 0.3) is 0 Å². The van der Waals surface area contributed by atoms with Crippen molar-refractivity contribution in [3.63, 3.8) is 0 Å². The fourth-order valence-electron chi connectivity index (χ4n) is 2.77. The van der Waals surface area contributed by atoms with Crippen molar-refractivity contribution in [1.82, 2.24) is 0 Å². The summed E-state index contributed by atoms with van der Waals surface area (Å²) in [7, 11) is -1.49. The molecular formula is C13H16N2O4S. The van der Waals surface area contributed by atoms with Crippen molar-refractivity contribution in [2.24, 2.45) is 0 Å². The number of carbonyl (C=O) groups is 1. The number of fused-ring (bicyclic) bond motifs is 3. The summed E-state index contributed by atoms with van der Waals surface area (Å²) in [6, 6.07) is 5.10. The van der Waals surface area contributed by atoms with E-state index in [0.717, 1.165) is 5.69 Å². The van der Waals surface area contributed by atoms with Crippen molar-refractivity contribution in [3.05, 3.63) is 18.2 Å². The Kier molecular flexibility index (Phi) is 3.08. The lowest BCUT2D eigenvalue weighted by Gasteiger charge is -2.35. The van der Waals surface area contributed by atoms with Gasteiger partial charge in [-0.3, -0.25) is 4.79 Å². The molecule has 1 fully saturated rings. The molecule has 1 N–H and O–H groups in total. The summed E-state index contributed by atoms with van der Waals surface area (Å²) in [5, 5.41) is 2.83. The molecule has 1 aromatic carbocycles. The van der Waals surface area contributed by atoms with Crippen molar-refractivity contribution in [1.29, 1.82) is 0 Å². The number of methoxy groups -OCH3 is 1. The largest absolute Gasteiger partial charge is 0.497 e. The van der Waals surface area contributed by atoms with Gasteiger partial charge >= 0.3 is 0 Å². The van der Waals surface area contributed by atoms with E-state index >= 15 is 0 Å². The van der Waals surface area contributed by atoms with E-state index < -0.39 is 9.84 Å². The highest BCUT2D eigenvalue weighted by molar-refractivity contribution is 7.91. The van der Waals surface area contributed by atoms with Gasteiger partial charge in [0, 0.05) is 19.0 Å². The van der Waals surface area contributed by atoms with E-state index in [1.54, 1.807) is 19.2 Å². The summed E-state index contributed by atoms with van der Waals surface area (Å²) >= 11 is 0. The minimum absolute atomic E-state index is 0.0249. The highest BCUT2D eigenvalue weighted by Crippen LogP contribution is 2.36. The van der Waals surface area contributed by atoms with Crippen LogP contribution in [0.4, 0.5) is 11.4 Å². The van der Waals surface area contributed by atoms with Crippen molar-refractivity contribution >= 4 is 27.1 Å². The third-order valence-corrected chi connectivity index (χ3v) is 5.44. The number of rotatable bonds is 1. The van der Waals surface area contributed by atoms with E-state index in [2.05, 4.69) is 5.32 Å². The zero-order valence-electron chi connectivity index (χ0n) is 11.1. The van der Waals surface area contributed by atoms with Gasteiger partial charge in [0.15, 0.2) is 9.84 Å². The average molecular weight is 296 g/mol. The van der Waals surface area contributed by atoms with Gasteiger partial charge in [-0.15, -0.1) is 0 Å². The van der Waals surface area contributed by atoms with Gasteiger partial charge in [-0.25, -0.2) is 8.42 Å². The van der Waals surface area contributed by atoms with E-state index in [1.165, 1.54) is 0 Å². The Balaban J connectivity index is 2.06. The van der Waals surface area contributed by atoms with Crippen molar-refractivity contribution in [2.45, 2.75) is 12.5 Å². The standard InChI is InChI=1S/C13H16N2O4S/c1-19-10-2-3-11-12(7-10)15-4-5-20(17,18)8-9(15)6-13(16)14-11/h2-3,7,9H,4-6,8H2,1H3,(H,14,16). The molecule has 1 atom stereocenters. The minimum Gasteiger partial charge on any atom is -0.497 e. The molecule has 7 heteroatoms. The summed E-state index contributed by atoms with van der Waals surface area (Å²) in [5.41, 5.74) is 1.53. The lowest BCUT2D eigenvalue weighted by Crippen LogP contribution is -2.48. The number of nitrogens with one attached hydrogen (secondary N) is 1. The first-order valence-electron chi connectivity index (χ1n) is 6.43. The molecule has 0 spiro atoms. The molecule has 0 bridgehead atoms. The van der Waals surface area contributed by atoms with Crippen LogP contribution in [0.5, 0.6) is 5.75 Å². The lowest BCUT2D eigenvalue weighted by molar-refractivity contribution is -0.116. The average Bonchev–Trinajstić information content (AvgIpc) is 2.51. The molecular weight excluding hydrogens is 280 g/mol. The topological polar surface area (TPSA) is 75.7 Å². The SMILES string of the molecule is COc1ccc2c(c1)N1CCS(=O)(=O)CC1CC(=O)N2. The second-order valence-corrected chi connectivity index (χ2v) is 7.33. The van der Waals surface area contributed by atoms with Crippen molar-refractivity contribution < 1.29 is 17.9 Å². The number of hydrogen-bond acceptors (Lipinski definition) is 5. The van der Waals surface area contributed by atoms with Crippen LogP contribution in [0, 0.1) is 0 Å². The molecule has 20 heavy (non-hydrogen) atoms. The fourth-order valence-corrected chi connectivity index (χ4v) is 4.30. The number of anilines is 2. The normalized spacial score (nSPS) is 24.1. The summed E-state index contributed by atoms with van der Waals surface area (Å²) in [6.45, 7) is 0.405. The summed E-state index contributed by atoms with van der Waals surface area (Å²) in [5.74, 6) is 0.680. The predicted molar refractivity (Wildman–Crippen MR) is 76.0 cm³/mol. The number of ether oxygens (including phenoxy) is 1. The van der Waals surface area contributed by atoms with Crippen LogP contribution in [-0.2, 0) is 14.6 Å². The molecule has 1 aromatic rings. The van der Waals surface area contributed by atoms with Crippen molar-refractivity contribution in [2.75, 3.05) is 35.4 Å². The van der Waals surface area contributed by atoms with E-state index in [-0.39, 0.29) is 29.9 Å². The Morgan fingerprint density at radius 1 is 1.40 bits per heavy atom.